The molecular formula is C19H20N2O5S. The van der Waals surface area contributed by atoms with Crippen molar-refractivity contribution in [2.45, 2.75) is 11.8 Å². The number of ether oxygens (including phenoxy) is 2. The first-order chi connectivity index (χ1) is 13.0. The standard InChI is InChI=1S/C19H20N2O5S/c1-14-10-17(6-7-18(14)25-9-8-24-2)27(22,23)21-16-5-3-4-15(11-16)19-12-20-13-26-19/h3-7,10-13,21H,8-9H2,1-2H3. The lowest BCUT2D eigenvalue weighted by molar-refractivity contribution is 0.146. The van der Waals surface area contributed by atoms with Gasteiger partial charge in [-0.3, -0.25) is 4.72 Å². The van der Waals surface area contributed by atoms with E-state index in [2.05, 4.69) is 9.71 Å². The van der Waals surface area contributed by atoms with Gasteiger partial charge >= 0.3 is 0 Å². The van der Waals surface area contributed by atoms with Gasteiger partial charge in [-0.15, -0.1) is 0 Å². The molecule has 0 atom stereocenters. The normalized spacial score (nSPS) is 11.3. The van der Waals surface area contributed by atoms with Crippen LogP contribution in [0.1, 0.15) is 5.56 Å². The molecule has 142 valence electrons. The zero-order chi connectivity index (χ0) is 19.3. The molecule has 0 unspecified atom stereocenters. The molecule has 27 heavy (non-hydrogen) atoms. The summed E-state index contributed by atoms with van der Waals surface area (Å²) in [5, 5.41) is 0. The van der Waals surface area contributed by atoms with Crippen molar-refractivity contribution in [1.82, 2.24) is 4.98 Å². The molecule has 0 radical (unpaired) electrons. The topological polar surface area (TPSA) is 90.7 Å². The highest BCUT2D eigenvalue weighted by Gasteiger charge is 2.16. The second-order valence-electron chi connectivity index (χ2n) is 5.82. The van der Waals surface area contributed by atoms with Gasteiger partial charge in [-0.25, -0.2) is 13.4 Å². The van der Waals surface area contributed by atoms with E-state index in [1.54, 1.807) is 50.6 Å². The molecule has 0 bridgehead atoms. The summed E-state index contributed by atoms with van der Waals surface area (Å²) >= 11 is 0. The Morgan fingerprint density at radius 3 is 2.70 bits per heavy atom. The van der Waals surface area contributed by atoms with Crippen LogP contribution >= 0.6 is 0 Å². The maximum absolute atomic E-state index is 12.7. The van der Waals surface area contributed by atoms with Crippen molar-refractivity contribution in [3.63, 3.8) is 0 Å². The highest BCUT2D eigenvalue weighted by atomic mass is 32.2. The fourth-order valence-corrected chi connectivity index (χ4v) is 3.63. The van der Waals surface area contributed by atoms with E-state index in [1.165, 1.54) is 12.5 Å². The second-order valence-corrected chi connectivity index (χ2v) is 7.50. The number of nitrogens with one attached hydrogen (secondary N) is 1. The Hall–Kier alpha value is -2.84. The number of anilines is 1. The maximum Gasteiger partial charge on any atom is 0.261 e. The molecule has 0 aliphatic rings. The highest BCUT2D eigenvalue weighted by molar-refractivity contribution is 7.92. The molecule has 1 heterocycles. The number of sulfonamides is 1. The van der Waals surface area contributed by atoms with Crippen LogP contribution in [0.25, 0.3) is 11.3 Å². The summed E-state index contributed by atoms with van der Waals surface area (Å²) < 4.78 is 43.8. The smallest absolute Gasteiger partial charge is 0.261 e. The van der Waals surface area contributed by atoms with E-state index in [0.717, 1.165) is 11.1 Å². The second kappa shape index (κ2) is 8.24. The third-order valence-corrected chi connectivity index (χ3v) is 5.21. The van der Waals surface area contributed by atoms with Gasteiger partial charge < -0.3 is 13.9 Å². The molecular weight excluding hydrogens is 368 g/mol. The van der Waals surface area contributed by atoms with E-state index < -0.39 is 10.0 Å². The van der Waals surface area contributed by atoms with Crippen molar-refractivity contribution in [2.75, 3.05) is 25.0 Å². The maximum atomic E-state index is 12.7. The predicted octanol–water partition coefficient (Wildman–Crippen LogP) is 3.48. The van der Waals surface area contributed by atoms with Crippen LogP contribution in [0, 0.1) is 6.92 Å². The lowest BCUT2D eigenvalue weighted by Crippen LogP contribution is -2.13. The van der Waals surface area contributed by atoms with Gasteiger partial charge in [0.15, 0.2) is 12.2 Å². The lowest BCUT2D eigenvalue weighted by Gasteiger charge is -2.12. The SMILES string of the molecule is COCCOc1ccc(S(=O)(=O)Nc2cccc(-c3cnco3)c2)cc1C. The summed E-state index contributed by atoms with van der Waals surface area (Å²) in [5.74, 6) is 1.18. The van der Waals surface area contributed by atoms with Crippen LogP contribution in [0.15, 0.2) is 64.4 Å². The molecule has 0 saturated carbocycles. The van der Waals surface area contributed by atoms with Gasteiger partial charge in [-0.2, -0.15) is 0 Å². The fraction of sp³-hybridized carbons (Fsp3) is 0.211. The number of nitrogens with zero attached hydrogens (tertiary/aromatic N) is 1. The molecule has 0 saturated heterocycles. The van der Waals surface area contributed by atoms with Crippen molar-refractivity contribution in [3.8, 4) is 17.1 Å². The van der Waals surface area contributed by atoms with Crippen LogP contribution in [0.3, 0.4) is 0 Å². The Morgan fingerprint density at radius 1 is 1.15 bits per heavy atom. The van der Waals surface area contributed by atoms with E-state index in [-0.39, 0.29) is 4.90 Å². The number of benzene rings is 2. The van der Waals surface area contributed by atoms with Crippen LogP contribution in [0.5, 0.6) is 5.75 Å². The fourth-order valence-electron chi connectivity index (χ4n) is 2.49. The van der Waals surface area contributed by atoms with Gasteiger partial charge in [0.05, 0.1) is 17.7 Å². The van der Waals surface area contributed by atoms with E-state index in [0.29, 0.717) is 30.4 Å². The number of oxazole rings is 1. The molecule has 1 N–H and O–H groups in total. The number of aromatic nitrogens is 1. The number of hydrogen-bond acceptors (Lipinski definition) is 6. The van der Waals surface area contributed by atoms with Crippen molar-refractivity contribution in [2.24, 2.45) is 0 Å². The molecule has 0 fully saturated rings. The first-order valence-corrected chi connectivity index (χ1v) is 9.72. The molecule has 8 heteroatoms. The number of hydrogen-bond donors (Lipinski definition) is 1. The van der Waals surface area contributed by atoms with Crippen molar-refractivity contribution in [1.29, 1.82) is 0 Å². The minimum absolute atomic E-state index is 0.157. The van der Waals surface area contributed by atoms with Gasteiger partial charge in [-0.1, -0.05) is 12.1 Å². The Morgan fingerprint density at radius 2 is 2.00 bits per heavy atom. The zero-order valence-electron chi connectivity index (χ0n) is 15.0. The summed E-state index contributed by atoms with van der Waals surface area (Å²) in [4.78, 5) is 4.03. The van der Waals surface area contributed by atoms with E-state index >= 15 is 0 Å². The zero-order valence-corrected chi connectivity index (χ0v) is 15.8. The third kappa shape index (κ3) is 4.66. The van der Waals surface area contributed by atoms with Crippen molar-refractivity contribution in [3.05, 3.63) is 60.6 Å². The van der Waals surface area contributed by atoms with Crippen LogP contribution in [0.2, 0.25) is 0 Å². The molecule has 3 aromatic rings. The highest BCUT2D eigenvalue weighted by Crippen LogP contribution is 2.26. The number of aryl methyl sites for hydroxylation is 1. The average molecular weight is 388 g/mol. The molecule has 3 rings (SSSR count). The van der Waals surface area contributed by atoms with Gasteiger partial charge in [0.1, 0.15) is 12.4 Å². The first-order valence-electron chi connectivity index (χ1n) is 8.24. The van der Waals surface area contributed by atoms with Gasteiger partial charge in [0, 0.05) is 18.4 Å². The number of rotatable bonds is 8. The van der Waals surface area contributed by atoms with Gasteiger partial charge in [0.2, 0.25) is 0 Å². The Kier molecular flexibility index (Phi) is 5.78. The Labute approximate surface area is 158 Å². The van der Waals surface area contributed by atoms with E-state index in [1.807, 2.05) is 6.07 Å². The lowest BCUT2D eigenvalue weighted by atomic mass is 10.2. The first kappa shape index (κ1) is 18.9. The Balaban J connectivity index is 1.79. The monoisotopic (exact) mass is 388 g/mol. The summed E-state index contributed by atoms with van der Waals surface area (Å²) in [7, 11) is -2.15. The summed E-state index contributed by atoms with van der Waals surface area (Å²) in [5.41, 5.74) is 1.89. The van der Waals surface area contributed by atoms with E-state index in [9.17, 15) is 8.42 Å². The molecule has 2 aromatic carbocycles. The van der Waals surface area contributed by atoms with Gasteiger partial charge in [-0.05, 0) is 42.8 Å². The minimum atomic E-state index is -3.74. The average Bonchev–Trinajstić information content (AvgIpc) is 3.18. The van der Waals surface area contributed by atoms with E-state index in [4.69, 9.17) is 13.9 Å². The Bertz CT molecular complexity index is 1000. The quantitative estimate of drug-likeness (QED) is 0.594. The predicted molar refractivity (Wildman–Crippen MR) is 101 cm³/mol. The van der Waals surface area contributed by atoms with Crippen LogP contribution in [0.4, 0.5) is 5.69 Å². The van der Waals surface area contributed by atoms with Crippen LogP contribution < -0.4 is 9.46 Å². The third-order valence-electron chi connectivity index (χ3n) is 3.83. The summed E-state index contributed by atoms with van der Waals surface area (Å²) in [6.45, 7) is 2.66. The van der Waals surface area contributed by atoms with Crippen LogP contribution in [-0.4, -0.2) is 33.7 Å². The van der Waals surface area contributed by atoms with Crippen molar-refractivity contribution < 1.29 is 22.3 Å². The van der Waals surface area contributed by atoms with Gasteiger partial charge in [0.25, 0.3) is 10.0 Å². The molecule has 0 spiro atoms. The molecule has 0 amide bonds. The summed E-state index contributed by atoms with van der Waals surface area (Å²) in [6.07, 6.45) is 2.89. The van der Waals surface area contributed by atoms with Crippen LogP contribution in [-0.2, 0) is 14.8 Å². The molecule has 0 aliphatic carbocycles. The molecule has 7 nitrogen and oxygen atoms in total. The summed E-state index contributed by atoms with van der Waals surface area (Å²) in [6, 6.07) is 11.6. The molecule has 0 aliphatic heterocycles. The largest absolute Gasteiger partial charge is 0.491 e. The molecule has 1 aromatic heterocycles. The minimum Gasteiger partial charge on any atom is -0.491 e. The van der Waals surface area contributed by atoms with Crippen molar-refractivity contribution >= 4 is 15.7 Å². The number of methoxy groups -OCH3 is 1.